The van der Waals surface area contributed by atoms with Gasteiger partial charge in [0.25, 0.3) is 0 Å². The molecule has 1 aromatic heterocycles. The lowest BCUT2D eigenvalue weighted by molar-refractivity contribution is -0.112. The van der Waals surface area contributed by atoms with Crippen molar-refractivity contribution in [1.82, 2.24) is 9.55 Å². The number of anilines is 1. The van der Waals surface area contributed by atoms with Crippen molar-refractivity contribution >= 4 is 17.4 Å². The van der Waals surface area contributed by atoms with Crippen molar-refractivity contribution in [2.75, 3.05) is 18.2 Å². The zero-order chi connectivity index (χ0) is 14.6. The molecule has 6 N–H and O–H groups in total. The first kappa shape index (κ1) is 15.9. The van der Waals surface area contributed by atoms with Gasteiger partial charge in [-0.1, -0.05) is 0 Å². The van der Waals surface area contributed by atoms with Crippen molar-refractivity contribution < 1.29 is 20.4 Å². The topological polar surface area (TPSA) is 142 Å². The minimum atomic E-state index is -1.73. The van der Waals surface area contributed by atoms with E-state index in [1.54, 1.807) is 0 Å². The minimum absolute atomic E-state index is 0.0301. The Bertz CT molecular complexity index is 465. The Morgan fingerprint density at radius 2 is 2.00 bits per heavy atom. The number of nitrogens with zero attached hydrogens (tertiary/aromatic N) is 2. The van der Waals surface area contributed by atoms with Gasteiger partial charge >= 0.3 is 5.69 Å². The van der Waals surface area contributed by atoms with Crippen LogP contribution in [0.3, 0.4) is 0 Å². The Hall–Kier alpha value is -1.19. The van der Waals surface area contributed by atoms with Crippen molar-refractivity contribution in [2.24, 2.45) is 5.92 Å². The molecular formula is C10H16ClN3O5. The highest BCUT2D eigenvalue weighted by Crippen LogP contribution is 2.17. The van der Waals surface area contributed by atoms with Crippen LogP contribution in [0.25, 0.3) is 0 Å². The molecule has 1 unspecified atom stereocenters. The van der Waals surface area contributed by atoms with Crippen molar-refractivity contribution in [1.29, 1.82) is 0 Å². The number of hydrogen-bond acceptors (Lipinski definition) is 7. The summed E-state index contributed by atoms with van der Waals surface area (Å²) < 4.78 is 0.715. The van der Waals surface area contributed by atoms with E-state index >= 15 is 0 Å². The molecule has 9 heteroatoms. The summed E-state index contributed by atoms with van der Waals surface area (Å²) >= 11 is 5.50. The van der Waals surface area contributed by atoms with Crippen LogP contribution in [0.1, 0.15) is 6.23 Å². The molecule has 1 aromatic rings. The smallest absolute Gasteiger partial charge is 0.351 e. The minimum Gasteiger partial charge on any atom is -0.396 e. The summed E-state index contributed by atoms with van der Waals surface area (Å²) in [5.74, 6) is -0.975. The van der Waals surface area contributed by atoms with Crippen LogP contribution in [0.2, 0.25) is 0 Å². The summed E-state index contributed by atoms with van der Waals surface area (Å²) in [6.45, 7) is -0.469. The molecule has 0 aromatic carbocycles. The van der Waals surface area contributed by atoms with E-state index in [4.69, 9.17) is 22.4 Å². The fourth-order valence-corrected chi connectivity index (χ4v) is 1.78. The third kappa shape index (κ3) is 3.64. The molecule has 0 bridgehead atoms. The maximum Gasteiger partial charge on any atom is 0.351 e. The van der Waals surface area contributed by atoms with Crippen LogP contribution in [-0.2, 0) is 0 Å². The molecule has 0 fully saturated rings. The normalized spacial score (nSPS) is 17.7. The van der Waals surface area contributed by atoms with E-state index in [1.165, 1.54) is 6.07 Å². The number of hydrogen-bond donors (Lipinski definition) is 5. The van der Waals surface area contributed by atoms with Crippen LogP contribution in [0.5, 0.6) is 0 Å². The van der Waals surface area contributed by atoms with Gasteiger partial charge in [0.15, 0.2) is 6.23 Å². The highest BCUT2D eigenvalue weighted by Gasteiger charge is 2.32. The molecule has 0 spiro atoms. The van der Waals surface area contributed by atoms with Crippen LogP contribution in [0.4, 0.5) is 5.82 Å². The third-order valence-corrected chi connectivity index (χ3v) is 3.10. The quantitative estimate of drug-likeness (QED) is 0.378. The molecule has 19 heavy (non-hydrogen) atoms. The fraction of sp³-hybridized carbons (Fsp3) is 0.600. The third-order valence-electron chi connectivity index (χ3n) is 2.71. The lowest BCUT2D eigenvalue weighted by atomic mass is 9.99. The van der Waals surface area contributed by atoms with Crippen molar-refractivity contribution in [3.63, 3.8) is 0 Å². The van der Waals surface area contributed by atoms with E-state index in [0.717, 1.165) is 6.20 Å². The molecular weight excluding hydrogens is 278 g/mol. The van der Waals surface area contributed by atoms with Gasteiger partial charge in [0.2, 0.25) is 0 Å². The summed E-state index contributed by atoms with van der Waals surface area (Å²) in [5, 5.41) is 38.3. The predicted molar refractivity (Wildman–Crippen MR) is 67.5 cm³/mol. The average Bonchev–Trinajstić information content (AvgIpc) is 2.38. The van der Waals surface area contributed by atoms with Gasteiger partial charge in [-0.05, 0) is 6.07 Å². The fourth-order valence-electron chi connectivity index (χ4n) is 1.50. The molecule has 0 amide bonds. The molecule has 0 radical (unpaired) electrons. The second kappa shape index (κ2) is 6.83. The first-order valence-electron chi connectivity index (χ1n) is 5.48. The summed E-state index contributed by atoms with van der Waals surface area (Å²) in [5.41, 5.74) is 4.42. The molecule has 0 aliphatic carbocycles. The first-order chi connectivity index (χ1) is 8.92. The summed E-state index contributed by atoms with van der Waals surface area (Å²) in [7, 11) is 0. The van der Waals surface area contributed by atoms with E-state index in [0.29, 0.717) is 4.57 Å². The number of aliphatic hydroxyl groups is 4. The van der Waals surface area contributed by atoms with E-state index in [9.17, 15) is 20.1 Å². The van der Waals surface area contributed by atoms with Crippen molar-refractivity contribution in [3.05, 3.63) is 22.7 Å². The summed E-state index contributed by atoms with van der Waals surface area (Å²) in [6.07, 6.45) is -3.80. The Morgan fingerprint density at radius 1 is 1.37 bits per heavy atom. The van der Waals surface area contributed by atoms with Crippen LogP contribution in [-0.4, -0.2) is 54.7 Å². The maximum absolute atomic E-state index is 11.5. The Labute approximate surface area is 113 Å². The van der Waals surface area contributed by atoms with Gasteiger partial charge in [-0.15, -0.1) is 11.6 Å². The molecule has 0 saturated heterocycles. The highest BCUT2D eigenvalue weighted by molar-refractivity contribution is 6.18. The van der Waals surface area contributed by atoms with Gasteiger partial charge in [-0.3, -0.25) is 4.57 Å². The van der Waals surface area contributed by atoms with E-state index in [1.807, 2.05) is 0 Å². The second-order valence-corrected chi connectivity index (χ2v) is 4.34. The van der Waals surface area contributed by atoms with Crippen LogP contribution in [0.15, 0.2) is 17.1 Å². The molecule has 0 aliphatic rings. The van der Waals surface area contributed by atoms with E-state index in [2.05, 4.69) is 4.98 Å². The Kier molecular flexibility index (Phi) is 5.70. The zero-order valence-corrected chi connectivity index (χ0v) is 10.7. The maximum atomic E-state index is 11.5. The molecule has 0 aliphatic heterocycles. The molecule has 0 saturated carbocycles. The number of nitrogens with two attached hydrogens (primary N) is 1. The first-order valence-corrected chi connectivity index (χ1v) is 6.01. The number of aromatic nitrogens is 2. The highest BCUT2D eigenvalue weighted by atomic mass is 35.5. The van der Waals surface area contributed by atoms with Gasteiger partial charge in [0.1, 0.15) is 11.9 Å². The number of nitrogen functional groups attached to an aromatic ring is 1. The number of halogens is 1. The van der Waals surface area contributed by atoms with E-state index < -0.39 is 36.7 Å². The monoisotopic (exact) mass is 293 g/mol. The molecule has 108 valence electrons. The zero-order valence-electron chi connectivity index (χ0n) is 9.93. The summed E-state index contributed by atoms with van der Waals surface area (Å²) in [4.78, 5) is 14.8. The molecule has 8 nitrogen and oxygen atoms in total. The second-order valence-electron chi connectivity index (χ2n) is 4.03. The lowest BCUT2D eigenvalue weighted by Crippen LogP contribution is -2.44. The SMILES string of the molecule is Nc1ccn([C@H](O)C(O)[C@H](O)[C@H](CO)CCl)c(=O)n1. The van der Waals surface area contributed by atoms with Gasteiger partial charge in [-0.2, -0.15) is 4.98 Å². The van der Waals surface area contributed by atoms with Crippen LogP contribution >= 0.6 is 11.6 Å². The molecule has 1 rings (SSSR count). The standard InChI is InChI=1S/C10H16ClN3O5/c11-3-5(4-15)7(16)8(17)9(18)14-2-1-6(12)13-10(14)19/h1-2,5,7-9,15-18H,3-4H2,(H2,12,13,19)/t5-,7+,8?,9+/m0/s1. The van der Waals surface area contributed by atoms with Gasteiger partial charge in [0, 0.05) is 24.6 Å². The number of aliphatic hydroxyl groups excluding tert-OH is 4. The van der Waals surface area contributed by atoms with Gasteiger partial charge in [-0.25, -0.2) is 4.79 Å². The average molecular weight is 294 g/mol. The Balaban J connectivity index is 2.92. The van der Waals surface area contributed by atoms with Crippen molar-refractivity contribution in [2.45, 2.75) is 18.4 Å². The molecule has 1 heterocycles. The van der Waals surface area contributed by atoms with Crippen LogP contribution < -0.4 is 11.4 Å². The molecule has 4 atom stereocenters. The largest absolute Gasteiger partial charge is 0.396 e. The van der Waals surface area contributed by atoms with Gasteiger partial charge in [0.05, 0.1) is 6.10 Å². The van der Waals surface area contributed by atoms with Crippen molar-refractivity contribution in [3.8, 4) is 0 Å². The number of alkyl halides is 1. The van der Waals surface area contributed by atoms with Crippen LogP contribution in [0, 0.1) is 5.92 Å². The number of rotatable bonds is 6. The lowest BCUT2D eigenvalue weighted by Gasteiger charge is -2.27. The summed E-state index contributed by atoms with van der Waals surface area (Å²) in [6, 6.07) is 1.26. The van der Waals surface area contributed by atoms with Gasteiger partial charge < -0.3 is 26.2 Å². The van der Waals surface area contributed by atoms with E-state index in [-0.39, 0.29) is 11.7 Å². The Morgan fingerprint density at radius 3 is 2.47 bits per heavy atom. The predicted octanol–water partition coefficient (Wildman–Crippen LogP) is -2.11.